The second kappa shape index (κ2) is 6.78. The lowest BCUT2D eigenvalue weighted by Crippen LogP contribution is -2.43. The quantitative estimate of drug-likeness (QED) is 0.646. The summed E-state index contributed by atoms with van der Waals surface area (Å²) < 4.78 is 1.10. The molecule has 24 heavy (non-hydrogen) atoms. The fourth-order valence-electron chi connectivity index (χ4n) is 3.05. The van der Waals surface area contributed by atoms with Crippen LogP contribution in [0.25, 0.3) is 22.4 Å². The zero-order valence-electron chi connectivity index (χ0n) is 13.7. The fraction of sp³-hybridized carbons (Fsp3) is 0.333. The highest BCUT2D eigenvalue weighted by Crippen LogP contribution is 2.22. The Morgan fingerprint density at radius 1 is 1.12 bits per heavy atom. The van der Waals surface area contributed by atoms with Crippen molar-refractivity contribution < 1.29 is 0 Å². The van der Waals surface area contributed by atoms with Crippen molar-refractivity contribution in [3.8, 4) is 11.3 Å². The van der Waals surface area contributed by atoms with Crippen molar-refractivity contribution in [3.05, 3.63) is 45.8 Å². The van der Waals surface area contributed by atoms with Gasteiger partial charge in [0.05, 0.1) is 15.5 Å². The molecule has 0 spiro atoms. The number of H-pyrrole nitrogens is 1. The van der Waals surface area contributed by atoms with Crippen molar-refractivity contribution in [2.45, 2.75) is 6.54 Å². The average molecular weight is 433 g/mol. The van der Waals surface area contributed by atoms with Gasteiger partial charge in [-0.25, -0.2) is 9.97 Å². The third-order valence-electron chi connectivity index (χ3n) is 4.59. The number of hydrogen-bond acceptors (Lipinski definition) is 4. The van der Waals surface area contributed by atoms with Crippen LogP contribution in [0.15, 0.2) is 36.7 Å². The van der Waals surface area contributed by atoms with Crippen LogP contribution in [0.4, 0.5) is 0 Å². The van der Waals surface area contributed by atoms with E-state index in [1.165, 1.54) is 5.56 Å². The fourth-order valence-corrected chi connectivity index (χ4v) is 3.58. The van der Waals surface area contributed by atoms with Crippen LogP contribution in [0, 0.1) is 3.57 Å². The number of aromatic nitrogens is 3. The van der Waals surface area contributed by atoms with Gasteiger partial charge in [0.1, 0.15) is 5.52 Å². The molecule has 1 aliphatic heterocycles. The lowest BCUT2D eigenvalue weighted by molar-refractivity contribution is 0.148. The van der Waals surface area contributed by atoms with Gasteiger partial charge in [-0.05, 0) is 35.2 Å². The molecular weight excluding hydrogens is 413 g/mol. The summed E-state index contributed by atoms with van der Waals surface area (Å²) in [6.45, 7) is 5.62. The maximum Gasteiger partial charge on any atom is 0.157 e. The zero-order valence-corrected chi connectivity index (χ0v) is 15.8. The molecule has 0 bridgehead atoms. The zero-order chi connectivity index (χ0) is 16.5. The molecule has 3 aromatic rings. The van der Waals surface area contributed by atoms with Gasteiger partial charge >= 0.3 is 0 Å². The Hall–Kier alpha value is -1.51. The molecular formula is C18H20IN5. The van der Waals surface area contributed by atoms with Crippen LogP contribution in [0.1, 0.15) is 5.56 Å². The third kappa shape index (κ3) is 3.31. The summed E-state index contributed by atoms with van der Waals surface area (Å²) in [5, 5.41) is 0. The molecule has 0 aliphatic carbocycles. The minimum absolute atomic E-state index is 0.842. The number of nitrogens with zero attached hydrogens (tertiary/aromatic N) is 4. The maximum absolute atomic E-state index is 4.74. The van der Waals surface area contributed by atoms with Gasteiger partial charge in [-0.1, -0.05) is 24.3 Å². The van der Waals surface area contributed by atoms with Gasteiger partial charge in [-0.2, -0.15) is 0 Å². The van der Waals surface area contributed by atoms with Crippen molar-refractivity contribution in [2.75, 3.05) is 33.2 Å². The summed E-state index contributed by atoms with van der Waals surface area (Å²) >= 11 is 2.28. The Labute approximate surface area is 155 Å². The van der Waals surface area contributed by atoms with E-state index in [0.717, 1.165) is 58.7 Å². The molecule has 0 unspecified atom stereocenters. The van der Waals surface area contributed by atoms with Gasteiger partial charge < -0.3 is 9.88 Å². The molecule has 0 amide bonds. The monoisotopic (exact) mass is 433 g/mol. The first-order valence-corrected chi connectivity index (χ1v) is 9.27. The lowest BCUT2D eigenvalue weighted by Gasteiger charge is -2.32. The first-order valence-electron chi connectivity index (χ1n) is 8.19. The van der Waals surface area contributed by atoms with Gasteiger partial charge in [-0.15, -0.1) is 0 Å². The molecule has 1 aliphatic rings. The molecule has 1 fully saturated rings. The largest absolute Gasteiger partial charge is 0.344 e. The third-order valence-corrected chi connectivity index (χ3v) is 5.41. The Balaban J connectivity index is 1.51. The van der Waals surface area contributed by atoms with E-state index in [1.54, 1.807) is 0 Å². The molecule has 1 aromatic carbocycles. The summed E-state index contributed by atoms with van der Waals surface area (Å²) in [5.41, 5.74) is 5.17. The van der Waals surface area contributed by atoms with Crippen LogP contribution in [0.5, 0.6) is 0 Å². The second-order valence-corrected chi connectivity index (χ2v) is 7.53. The molecule has 124 valence electrons. The molecule has 5 nitrogen and oxygen atoms in total. The average Bonchev–Trinajstić information content (AvgIpc) is 2.98. The maximum atomic E-state index is 4.74. The van der Waals surface area contributed by atoms with E-state index in [0.29, 0.717) is 0 Å². The van der Waals surface area contributed by atoms with Crippen LogP contribution in [-0.4, -0.2) is 58.0 Å². The Kier molecular flexibility index (Phi) is 4.51. The van der Waals surface area contributed by atoms with Gasteiger partial charge in [0.15, 0.2) is 5.65 Å². The van der Waals surface area contributed by atoms with Crippen LogP contribution >= 0.6 is 22.6 Å². The summed E-state index contributed by atoms with van der Waals surface area (Å²) in [7, 11) is 2.19. The van der Waals surface area contributed by atoms with Crippen molar-refractivity contribution >= 4 is 33.8 Å². The SMILES string of the molecule is CN1CCN(Cc2ccc(-c3cnc4[nH]cc(I)c4n3)cc2)CC1. The van der Waals surface area contributed by atoms with Crippen molar-refractivity contribution in [2.24, 2.45) is 0 Å². The normalized spacial score (nSPS) is 16.8. The first-order chi connectivity index (χ1) is 11.7. The molecule has 3 heterocycles. The number of fused-ring (bicyclic) bond motifs is 1. The summed E-state index contributed by atoms with van der Waals surface area (Å²) in [4.78, 5) is 17.2. The highest BCUT2D eigenvalue weighted by Gasteiger charge is 2.14. The van der Waals surface area contributed by atoms with E-state index in [2.05, 4.69) is 73.7 Å². The molecule has 6 heteroatoms. The molecule has 1 saturated heterocycles. The van der Waals surface area contributed by atoms with E-state index in [1.807, 2.05) is 12.4 Å². The van der Waals surface area contributed by atoms with E-state index < -0.39 is 0 Å². The van der Waals surface area contributed by atoms with Gasteiger partial charge in [0.2, 0.25) is 0 Å². The van der Waals surface area contributed by atoms with Crippen LogP contribution < -0.4 is 0 Å². The topological polar surface area (TPSA) is 48.0 Å². The van der Waals surface area contributed by atoms with E-state index in [9.17, 15) is 0 Å². The Bertz CT molecular complexity index is 834. The molecule has 4 rings (SSSR count). The highest BCUT2D eigenvalue weighted by molar-refractivity contribution is 14.1. The first kappa shape index (κ1) is 16.0. The number of halogens is 1. The number of nitrogens with one attached hydrogen (secondary N) is 1. The Morgan fingerprint density at radius 3 is 2.62 bits per heavy atom. The van der Waals surface area contributed by atoms with Gasteiger partial charge in [0, 0.05) is 44.5 Å². The molecule has 0 atom stereocenters. The number of aromatic amines is 1. The van der Waals surface area contributed by atoms with Gasteiger partial charge in [0.25, 0.3) is 0 Å². The number of rotatable bonds is 3. The predicted molar refractivity (Wildman–Crippen MR) is 105 cm³/mol. The highest BCUT2D eigenvalue weighted by atomic mass is 127. The summed E-state index contributed by atoms with van der Waals surface area (Å²) in [5.74, 6) is 0. The van der Waals surface area contributed by atoms with Crippen molar-refractivity contribution in [1.29, 1.82) is 0 Å². The summed E-state index contributed by atoms with van der Waals surface area (Å²) in [6.07, 6.45) is 3.78. The second-order valence-electron chi connectivity index (χ2n) is 6.37. The predicted octanol–water partition coefficient (Wildman–Crippen LogP) is 2.98. The van der Waals surface area contributed by atoms with E-state index in [-0.39, 0.29) is 0 Å². The number of benzene rings is 1. The van der Waals surface area contributed by atoms with E-state index >= 15 is 0 Å². The Morgan fingerprint density at radius 2 is 1.88 bits per heavy atom. The van der Waals surface area contributed by atoms with Gasteiger partial charge in [-0.3, -0.25) is 4.90 Å². The minimum atomic E-state index is 0.842. The number of hydrogen-bond donors (Lipinski definition) is 1. The van der Waals surface area contributed by atoms with Crippen molar-refractivity contribution in [3.63, 3.8) is 0 Å². The minimum Gasteiger partial charge on any atom is -0.344 e. The van der Waals surface area contributed by atoms with E-state index in [4.69, 9.17) is 4.98 Å². The lowest BCUT2D eigenvalue weighted by atomic mass is 10.1. The van der Waals surface area contributed by atoms with Crippen LogP contribution in [0.2, 0.25) is 0 Å². The molecule has 0 radical (unpaired) electrons. The molecule has 2 aromatic heterocycles. The summed E-state index contributed by atoms with van der Waals surface area (Å²) in [6, 6.07) is 8.73. The molecule has 1 N–H and O–H groups in total. The molecule has 0 saturated carbocycles. The number of piperazine rings is 1. The van der Waals surface area contributed by atoms with Crippen LogP contribution in [0.3, 0.4) is 0 Å². The van der Waals surface area contributed by atoms with Crippen LogP contribution in [-0.2, 0) is 6.54 Å². The van der Waals surface area contributed by atoms with Crippen molar-refractivity contribution in [1.82, 2.24) is 24.8 Å². The smallest absolute Gasteiger partial charge is 0.157 e. The number of likely N-dealkylation sites (N-methyl/N-ethyl adjacent to an activating group) is 1. The standard InChI is InChI=1S/C18H20IN5/c1-23-6-8-24(9-7-23)12-13-2-4-14(5-3-13)16-11-21-18-17(22-16)15(19)10-20-18/h2-5,10-11H,6-9,12H2,1H3,(H,20,21).